The molecule has 0 saturated carbocycles. The summed E-state index contributed by atoms with van der Waals surface area (Å²) in [5, 5.41) is 9.09. The average molecular weight is 653 g/mol. The van der Waals surface area contributed by atoms with E-state index in [9.17, 15) is 0 Å². The van der Waals surface area contributed by atoms with Gasteiger partial charge in [-0.3, -0.25) is 0 Å². The van der Waals surface area contributed by atoms with Gasteiger partial charge in [0.15, 0.2) is 0 Å². The van der Waals surface area contributed by atoms with E-state index in [0.29, 0.717) is 0 Å². The second-order valence-corrected chi connectivity index (χ2v) is 13.2. The molecule has 0 bridgehead atoms. The molecular formula is C48H32N2O. The SMILES string of the molecule is Cc1c(-c2cccc3c2oc2c4ccccc4c(N(c4ccccc4)c4ccc5ccccc5c4)cc32)nc(-c2ccccc2)c2ccccc12. The maximum absolute atomic E-state index is 7.01. The Bertz CT molecular complexity index is 2930. The van der Waals surface area contributed by atoms with E-state index in [0.717, 1.165) is 83.2 Å². The van der Waals surface area contributed by atoms with Crippen LogP contribution in [0.15, 0.2) is 180 Å². The molecule has 8 aromatic carbocycles. The molecule has 51 heavy (non-hydrogen) atoms. The Balaban J connectivity index is 1.26. The van der Waals surface area contributed by atoms with Gasteiger partial charge in [-0.2, -0.15) is 0 Å². The smallest absolute Gasteiger partial charge is 0.144 e. The molecule has 0 amide bonds. The quantitative estimate of drug-likeness (QED) is 0.185. The number of hydrogen-bond acceptors (Lipinski definition) is 3. The molecule has 0 aliphatic rings. The zero-order valence-electron chi connectivity index (χ0n) is 28.0. The van der Waals surface area contributed by atoms with Crippen LogP contribution >= 0.6 is 0 Å². The first-order valence-electron chi connectivity index (χ1n) is 17.4. The number of fused-ring (bicyclic) bond motifs is 7. The van der Waals surface area contributed by atoms with Gasteiger partial charge in [-0.1, -0.05) is 140 Å². The largest absolute Gasteiger partial charge is 0.455 e. The van der Waals surface area contributed by atoms with Gasteiger partial charge in [0.05, 0.1) is 17.1 Å². The van der Waals surface area contributed by atoms with E-state index in [4.69, 9.17) is 9.40 Å². The molecule has 2 aromatic heterocycles. The lowest BCUT2D eigenvalue weighted by Crippen LogP contribution is -2.10. The lowest BCUT2D eigenvalue weighted by atomic mass is 9.95. The highest BCUT2D eigenvalue weighted by Crippen LogP contribution is 2.47. The van der Waals surface area contributed by atoms with E-state index in [1.807, 2.05) is 6.07 Å². The summed E-state index contributed by atoms with van der Waals surface area (Å²) in [6.45, 7) is 2.18. The molecule has 0 fully saturated rings. The molecule has 0 atom stereocenters. The van der Waals surface area contributed by atoms with Gasteiger partial charge in [-0.15, -0.1) is 0 Å². The van der Waals surface area contributed by atoms with Gasteiger partial charge in [-0.05, 0) is 65.0 Å². The van der Waals surface area contributed by atoms with Gasteiger partial charge in [-0.25, -0.2) is 4.98 Å². The van der Waals surface area contributed by atoms with Crippen molar-refractivity contribution in [2.75, 3.05) is 4.90 Å². The van der Waals surface area contributed by atoms with Gasteiger partial charge in [0.2, 0.25) is 0 Å². The Morgan fingerprint density at radius 3 is 1.86 bits per heavy atom. The summed E-state index contributed by atoms with van der Waals surface area (Å²) in [6, 6.07) is 62.3. The Morgan fingerprint density at radius 1 is 0.431 bits per heavy atom. The van der Waals surface area contributed by atoms with Gasteiger partial charge in [0.25, 0.3) is 0 Å². The number of rotatable bonds is 5. The molecule has 0 aliphatic heterocycles. The van der Waals surface area contributed by atoms with Crippen molar-refractivity contribution in [3.8, 4) is 22.5 Å². The summed E-state index contributed by atoms with van der Waals surface area (Å²) >= 11 is 0. The molecule has 10 rings (SSSR count). The van der Waals surface area contributed by atoms with Gasteiger partial charge < -0.3 is 9.32 Å². The van der Waals surface area contributed by atoms with E-state index in [1.165, 1.54) is 16.2 Å². The fourth-order valence-corrected chi connectivity index (χ4v) is 7.77. The van der Waals surface area contributed by atoms with Gasteiger partial charge in [0, 0.05) is 49.4 Å². The maximum Gasteiger partial charge on any atom is 0.144 e. The number of anilines is 3. The summed E-state index contributed by atoms with van der Waals surface area (Å²) in [5.74, 6) is 0. The Hall–Kier alpha value is -6.71. The van der Waals surface area contributed by atoms with E-state index >= 15 is 0 Å². The highest BCUT2D eigenvalue weighted by atomic mass is 16.3. The van der Waals surface area contributed by atoms with Crippen molar-refractivity contribution < 1.29 is 4.42 Å². The number of furan rings is 1. The van der Waals surface area contributed by atoms with E-state index in [-0.39, 0.29) is 0 Å². The number of para-hydroxylation sites is 2. The predicted octanol–water partition coefficient (Wildman–Crippen LogP) is 13.6. The first-order valence-corrected chi connectivity index (χ1v) is 17.4. The second-order valence-electron chi connectivity index (χ2n) is 13.2. The van der Waals surface area contributed by atoms with Crippen molar-refractivity contribution in [3.63, 3.8) is 0 Å². The fraction of sp³-hybridized carbons (Fsp3) is 0.0208. The summed E-state index contributed by atoms with van der Waals surface area (Å²) in [4.78, 5) is 7.78. The summed E-state index contributed by atoms with van der Waals surface area (Å²) < 4.78 is 7.01. The van der Waals surface area contributed by atoms with Crippen LogP contribution in [-0.4, -0.2) is 4.98 Å². The Labute approximate surface area is 295 Å². The van der Waals surface area contributed by atoms with Crippen LogP contribution in [0.2, 0.25) is 0 Å². The predicted molar refractivity (Wildman–Crippen MR) is 214 cm³/mol. The van der Waals surface area contributed by atoms with Crippen LogP contribution in [0.5, 0.6) is 0 Å². The van der Waals surface area contributed by atoms with Gasteiger partial charge in [0.1, 0.15) is 11.2 Å². The topological polar surface area (TPSA) is 29.3 Å². The molecular weight excluding hydrogens is 621 g/mol. The van der Waals surface area contributed by atoms with Crippen molar-refractivity contribution in [1.82, 2.24) is 4.98 Å². The molecule has 0 saturated heterocycles. The molecule has 3 nitrogen and oxygen atoms in total. The molecule has 2 heterocycles. The standard InChI is InChI=1S/C48H32N2O/c1-31-37-21-10-12-23-39(37)46(33-16-4-2-5-17-33)49-45(31)42-26-14-25-41-43-30-44(38-22-11-13-24-40(38)48(43)51-47(41)42)50(35-19-6-3-7-20-35)36-28-27-32-15-8-9-18-34(32)29-36/h2-30H,1H3. The summed E-state index contributed by atoms with van der Waals surface area (Å²) in [5.41, 5.74) is 10.1. The minimum Gasteiger partial charge on any atom is -0.455 e. The maximum atomic E-state index is 7.01. The third-order valence-corrected chi connectivity index (χ3v) is 10.2. The number of hydrogen-bond donors (Lipinski definition) is 0. The highest BCUT2D eigenvalue weighted by molar-refractivity contribution is 6.21. The lowest BCUT2D eigenvalue weighted by molar-refractivity contribution is 0.673. The van der Waals surface area contributed by atoms with Crippen LogP contribution < -0.4 is 4.90 Å². The first kappa shape index (κ1) is 29.2. The molecule has 0 aliphatic carbocycles. The third kappa shape index (κ3) is 4.70. The van der Waals surface area contributed by atoms with Crippen LogP contribution in [0.25, 0.3) is 76.8 Å². The van der Waals surface area contributed by atoms with Crippen LogP contribution in [0.4, 0.5) is 17.1 Å². The Morgan fingerprint density at radius 2 is 1.06 bits per heavy atom. The molecule has 240 valence electrons. The van der Waals surface area contributed by atoms with E-state index in [1.54, 1.807) is 0 Å². The fourth-order valence-electron chi connectivity index (χ4n) is 7.77. The van der Waals surface area contributed by atoms with Gasteiger partial charge >= 0.3 is 0 Å². The third-order valence-electron chi connectivity index (χ3n) is 10.2. The zero-order valence-corrected chi connectivity index (χ0v) is 28.0. The summed E-state index contributed by atoms with van der Waals surface area (Å²) in [7, 11) is 0. The number of nitrogens with zero attached hydrogens (tertiary/aromatic N) is 2. The van der Waals surface area contributed by atoms with Crippen molar-refractivity contribution in [3.05, 3.63) is 181 Å². The van der Waals surface area contributed by atoms with Crippen LogP contribution in [0.3, 0.4) is 0 Å². The van der Waals surface area contributed by atoms with Crippen LogP contribution in [0, 0.1) is 6.92 Å². The van der Waals surface area contributed by atoms with Crippen molar-refractivity contribution in [1.29, 1.82) is 0 Å². The van der Waals surface area contributed by atoms with E-state index < -0.39 is 0 Å². The number of aryl methyl sites for hydroxylation is 1. The molecule has 0 radical (unpaired) electrons. The Kier molecular flexibility index (Phi) is 6.71. The minimum absolute atomic E-state index is 0.844. The molecule has 3 heteroatoms. The van der Waals surface area contributed by atoms with Crippen LogP contribution in [0.1, 0.15) is 5.56 Å². The molecule has 10 aromatic rings. The first-order chi connectivity index (χ1) is 25.2. The monoisotopic (exact) mass is 652 g/mol. The van der Waals surface area contributed by atoms with E-state index in [2.05, 4.69) is 182 Å². The van der Waals surface area contributed by atoms with Crippen molar-refractivity contribution in [2.24, 2.45) is 0 Å². The highest BCUT2D eigenvalue weighted by Gasteiger charge is 2.23. The number of benzene rings is 8. The van der Waals surface area contributed by atoms with Crippen molar-refractivity contribution in [2.45, 2.75) is 6.92 Å². The zero-order chi connectivity index (χ0) is 33.9. The molecule has 0 spiro atoms. The summed E-state index contributed by atoms with van der Waals surface area (Å²) in [6.07, 6.45) is 0. The number of aromatic nitrogens is 1. The van der Waals surface area contributed by atoms with Crippen LogP contribution in [-0.2, 0) is 0 Å². The second kappa shape index (κ2) is 11.7. The average Bonchev–Trinajstić information content (AvgIpc) is 3.58. The van der Waals surface area contributed by atoms with Crippen molar-refractivity contribution >= 4 is 71.3 Å². The molecule has 0 unspecified atom stereocenters. The number of pyridine rings is 1. The lowest BCUT2D eigenvalue weighted by Gasteiger charge is -2.27. The normalized spacial score (nSPS) is 11.6. The minimum atomic E-state index is 0.844. The molecule has 0 N–H and O–H groups in total.